The van der Waals surface area contributed by atoms with Crippen LogP contribution < -0.4 is 0 Å². The van der Waals surface area contributed by atoms with Crippen molar-refractivity contribution in [3.8, 4) is 89.3 Å². The van der Waals surface area contributed by atoms with E-state index in [2.05, 4.69) is 246 Å². The summed E-state index contributed by atoms with van der Waals surface area (Å²) in [6.07, 6.45) is 0. The zero-order valence-corrected chi connectivity index (χ0v) is 45.8. The van der Waals surface area contributed by atoms with Crippen LogP contribution in [0.2, 0.25) is 0 Å². The Hall–Kier alpha value is -10.2. The van der Waals surface area contributed by atoms with E-state index in [4.69, 9.17) is 18.8 Å². The van der Waals surface area contributed by atoms with Gasteiger partial charge in [-0.05, 0) is 139 Å². The summed E-state index contributed by atoms with van der Waals surface area (Å²) < 4.78 is 12.4. The molecule has 0 spiro atoms. The molecule has 11 aromatic carbocycles. The molecule has 82 heavy (non-hydrogen) atoms. The second-order valence-corrected chi connectivity index (χ2v) is 23.6. The van der Waals surface area contributed by atoms with Crippen molar-refractivity contribution in [3.05, 3.63) is 265 Å². The molecule has 0 N–H and O–H groups in total. The van der Waals surface area contributed by atoms with Gasteiger partial charge in [0, 0.05) is 65.4 Å². The van der Waals surface area contributed by atoms with Crippen LogP contribution in [-0.2, 0) is 10.8 Å². The van der Waals surface area contributed by atoms with E-state index < -0.39 is 0 Å². The molecule has 0 radical (unpaired) electrons. The van der Waals surface area contributed by atoms with Gasteiger partial charge in [-0.15, -0.1) is 0 Å². The minimum atomic E-state index is -0.164. The molecule has 17 rings (SSSR count). The molecule has 2 aliphatic carbocycles. The van der Waals surface area contributed by atoms with Crippen LogP contribution in [0, 0.1) is 0 Å². The molecule has 386 valence electrons. The Balaban J connectivity index is 0.854. The van der Waals surface area contributed by atoms with Gasteiger partial charge in [0.2, 0.25) is 0 Å². The Morgan fingerprint density at radius 1 is 0.256 bits per heavy atom. The first kappa shape index (κ1) is 46.7. The number of hydrogen-bond acceptors (Lipinski definition) is 4. The molecule has 0 atom stereocenters. The first-order valence-electron chi connectivity index (χ1n) is 28.4. The molecular formula is C78H52N2O2. The van der Waals surface area contributed by atoms with Crippen LogP contribution in [0.5, 0.6) is 0 Å². The minimum absolute atomic E-state index is 0.164. The summed E-state index contributed by atoms with van der Waals surface area (Å²) in [6, 6.07) is 88.4. The van der Waals surface area contributed by atoms with Crippen LogP contribution in [0.4, 0.5) is 0 Å². The van der Waals surface area contributed by atoms with Gasteiger partial charge >= 0.3 is 0 Å². The highest BCUT2D eigenvalue weighted by atomic mass is 16.3. The van der Waals surface area contributed by atoms with E-state index in [-0.39, 0.29) is 10.8 Å². The van der Waals surface area contributed by atoms with Gasteiger partial charge in [0.15, 0.2) is 0 Å². The quantitative estimate of drug-likeness (QED) is 0.156. The second kappa shape index (κ2) is 17.2. The monoisotopic (exact) mass is 1050 g/mol. The summed E-state index contributed by atoms with van der Waals surface area (Å²) >= 11 is 0. The predicted molar refractivity (Wildman–Crippen MR) is 339 cm³/mol. The molecule has 4 heteroatoms. The maximum atomic E-state index is 6.22. The van der Waals surface area contributed by atoms with E-state index in [9.17, 15) is 0 Å². The van der Waals surface area contributed by atoms with Crippen LogP contribution >= 0.6 is 0 Å². The zero-order chi connectivity index (χ0) is 54.6. The number of nitrogens with zero attached hydrogens (tertiary/aromatic N) is 2. The summed E-state index contributed by atoms with van der Waals surface area (Å²) in [4.78, 5) is 11.7. The molecule has 4 aromatic heterocycles. The SMILES string of the molecule is CC1(C)c2ccccc2-c2ccc(-c3cc4ccc5cc(-c6ccc7c(c6)C(C)(C)c6ccccc6-7)c(-c6ccc(-c7ccc8oc9ccccc9c8c7)cc6)nc5c4nc3-c3ccc(-c4ccc5oc6ccccc6c5c4)cc3)cc21. The van der Waals surface area contributed by atoms with Gasteiger partial charge in [0.05, 0.1) is 22.4 Å². The van der Waals surface area contributed by atoms with Gasteiger partial charge in [-0.3, -0.25) is 0 Å². The summed E-state index contributed by atoms with van der Waals surface area (Å²) in [7, 11) is 0. The third-order valence-electron chi connectivity index (χ3n) is 18.3. The summed E-state index contributed by atoms with van der Waals surface area (Å²) in [5.41, 5.74) is 28.4. The van der Waals surface area contributed by atoms with Crippen LogP contribution in [0.3, 0.4) is 0 Å². The van der Waals surface area contributed by atoms with Crippen molar-refractivity contribution in [3.63, 3.8) is 0 Å². The molecule has 0 bridgehead atoms. The van der Waals surface area contributed by atoms with Crippen molar-refractivity contribution in [2.75, 3.05) is 0 Å². The third kappa shape index (κ3) is 6.91. The number of benzene rings is 11. The van der Waals surface area contributed by atoms with Gasteiger partial charge in [-0.25, -0.2) is 9.97 Å². The Bertz CT molecular complexity index is 4880. The molecule has 0 unspecified atom stereocenters. The van der Waals surface area contributed by atoms with E-state index in [0.29, 0.717) is 0 Å². The molecular weight excluding hydrogens is 997 g/mol. The Morgan fingerprint density at radius 3 is 1.06 bits per heavy atom. The van der Waals surface area contributed by atoms with Crippen LogP contribution in [0.1, 0.15) is 49.9 Å². The summed E-state index contributed by atoms with van der Waals surface area (Å²) in [5, 5.41) is 6.53. The number of aromatic nitrogens is 2. The molecule has 0 aliphatic heterocycles. The van der Waals surface area contributed by atoms with E-state index in [0.717, 1.165) is 133 Å². The van der Waals surface area contributed by atoms with Crippen LogP contribution in [-0.4, -0.2) is 9.97 Å². The summed E-state index contributed by atoms with van der Waals surface area (Å²) in [5.74, 6) is 0. The zero-order valence-electron chi connectivity index (χ0n) is 45.8. The van der Waals surface area contributed by atoms with Gasteiger partial charge in [0.25, 0.3) is 0 Å². The largest absolute Gasteiger partial charge is 0.456 e. The van der Waals surface area contributed by atoms with Crippen molar-refractivity contribution >= 4 is 65.7 Å². The van der Waals surface area contributed by atoms with E-state index in [1.807, 2.05) is 24.3 Å². The van der Waals surface area contributed by atoms with Crippen LogP contribution in [0.25, 0.3) is 155 Å². The van der Waals surface area contributed by atoms with E-state index in [1.54, 1.807) is 0 Å². The highest BCUT2D eigenvalue weighted by Crippen LogP contribution is 2.52. The van der Waals surface area contributed by atoms with E-state index in [1.165, 1.54) is 44.5 Å². The maximum Gasteiger partial charge on any atom is 0.135 e. The number of para-hydroxylation sites is 2. The van der Waals surface area contributed by atoms with E-state index >= 15 is 0 Å². The standard InChI is InChI=1S/C78H52N2O2/c1-77(2)65-17-9-5-13-55(65)57-35-31-51(43-67(57)77)61-41-53-29-30-54-42-62(52-32-36-58-56-14-6-10-18-66(56)78(3,4)68(58)44-52)74(48-27-23-46(24-28-48)50-34-38-72-64(40-50)60-16-8-12-20-70(60)82-72)80-76(54)75(53)79-73(61)47-25-21-45(22-26-47)49-33-37-71-63(39-49)59-15-7-11-19-69(59)81-71/h5-44H,1-4H3. The molecule has 0 saturated carbocycles. The van der Waals surface area contributed by atoms with Gasteiger partial charge in [0.1, 0.15) is 22.3 Å². The molecule has 0 saturated heterocycles. The Morgan fingerprint density at radius 2 is 0.610 bits per heavy atom. The lowest BCUT2D eigenvalue weighted by molar-refractivity contribution is 0.660. The van der Waals surface area contributed by atoms with Crippen molar-refractivity contribution in [2.45, 2.75) is 38.5 Å². The molecule has 4 heterocycles. The lowest BCUT2D eigenvalue weighted by atomic mass is 9.81. The van der Waals surface area contributed by atoms with Crippen LogP contribution in [0.15, 0.2) is 251 Å². The maximum absolute atomic E-state index is 6.22. The van der Waals surface area contributed by atoms with Gasteiger partial charge in [-0.2, -0.15) is 0 Å². The second-order valence-electron chi connectivity index (χ2n) is 23.6. The van der Waals surface area contributed by atoms with Crippen molar-refractivity contribution < 1.29 is 8.83 Å². The lowest BCUT2D eigenvalue weighted by Crippen LogP contribution is -2.14. The predicted octanol–water partition coefficient (Wildman–Crippen LogP) is 21.2. The highest BCUT2D eigenvalue weighted by Gasteiger charge is 2.37. The number of pyridine rings is 2. The molecule has 15 aromatic rings. The normalized spacial score (nSPS) is 13.8. The summed E-state index contributed by atoms with van der Waals surface area (Å²) in [6.45, 7) is 9.41. The highest BCUT2D eigenvalue weighted by molar-refractivity contribution is 6.10. The number of hydrogen-bond donors (Lipinski definition) is 0. The number of fused-ring (bicyclic) bond motifs is 15. The van der Waals surface area contributed by atoms with Gasteiger partial charge < -0.3 is 8.83 Å². The lowest BCUT2D eigenvalue weighted by Gasteiger charge is -2.22. The number of rotatable bonds is 6. The fourth-order valence-corrected chi connectivity index (χ4v) is 13.9. The smallest absolute Gasteiger partial charge is 0.135 e. The van der Waals surface area contributed by atoms with Crippen molar-refractivity contribution in [1.82, 2.24) is 9.97 Å². The third-order valence-corrected chi connectivity index (χ3v) is 18.3. The Labute approximate surface area is 474 Å². The topological polar surface area (TPSA) is 52.1 Å². The molecule has 0 amide bonds. The first-order chi connectivity index (χ1) is 40.1. The number of furan rings is 2. The first-order valence-corrected chi connectivity index (χ1v) is 28.4. The fourth-order valence-electron chi connectivity index (χ4n) is 13.9. The van der Waals surface area contributed by atoms with Crippen molar-refractivity contribution in [1.29, 1.82) is 0 Å². The molecule has 2 aliphatic rings. The fraction of sp³-hybridized carbons (Fsp3) is 0.0769. The average Bonchev–Trinajstić information content (AvgIpc) is 4.41. The minimum Gasteiger partial charge on any atom is -0.456 e. The molecule has 4 nitrogen and oxygen atoms in total. The van der Waals surface area contributed by atoms with Gasteiger partial charge in [-0.1, -0.05) is 210 Å². The molecule has 0 fully saturated rings. The Kier molecular flexibility index (Phi) is 9.79. The average molecular weight is 1050 g/mol. The van der Waals surface area contributed by atoms with Crippen molar-refractivity contribution in [2.24, 2.45) is 0 Å².